The van der Waals surface area contributed by atoms with Gasteiger partial charge in [-0.1, -0.05) is 17.7 Å². The van der Waals surface area contributed by atoms with E-state index in [1.54, 1.807) is 12.1 Å². The molecule has 2 aromatic carbocycles. The summed E-state index contributed by atoms with van der Waals surface area (Å²) < 4.78 is 38.9. The van der Waals surface area contributed by atoms with Gasteiger partial charge in [-0.05, 0) is 42.7 Å². The number of hydrogen-bond acceptors (Lipinski definition) is 6. The quantitative estimate of drug-likeness (QED) is 0.549. The van der Waals surface area contributed by atoms with Gasteiger partial charge in [0.2, 0.25) is 10.0 Å². The highest BCUT2D eigenvalue weighted by atomic mass is 35.5. The normalized spacial score (nSPS) is 19.5. The van der Waals surface area contributed by atoms with E-state index in [0.717, 1.165) is 11.6 Å². The Morgan fingerprint density at radius 3 is 2.61 bits per heavy atom. The summed E-state index contributed by atoms with van der Waals surface area (Å²) in [7, 11) is -3.93. The molecule has 0 spiro atoms. The van der Waals surface area contributed by atoms with Crippen LogP contribution in [0.1, 0.15) is 24.4 Å². The maximum Gasteiger partial charge on any atom is 0.289 e. The van der Waals surface area contributed by atoms with Gasteiger partial charge in [0.15, 0.2) is 11.5 Å². The monoisotopic (exact) mass is 424 g/mol. The zero-order valence-corrected chi connectivity index (χ0v) is 16.3. The predicted molar refractivity (Wildman–Crippen MR) is 101 cm³/mol. The molecule has 1 saturated heterocycles. The Hall–Kier alpha value is -2.36. The van der Waals surface area contributed by atoms with Crippen LogP contribution in [0.3, 0.4) is 0 Å². The average molecular weight is 425 g/mol. The molecule has 0 amide bonds. The lowest BCUT2D eigenvalue weighted by atomic mass is 10.0. The Morgan fingerprint density at radius 2 is 1.86 bits per heavy atom. The summed E-state index contributed by atoms with van der Waals surface area (Å²) in [4.78, 5) is 10.3. The van der Waals surface area contributed by atoms with Crippen molar-refractivity contribution in [3.63, 3.8) is 0 Å². The lowest BCUT2D eigenvalue weighted by Crippen LogP contribution is -2.30. The van der Waals surface area contributed by atoms with Crippen molar-refractivity contribution in [3.05, 3.63) is 57.1 Å². The van der Waals surface area contributed by atoms with Gasteiger partial charge in [0.25, 0.3) is 5.69 Å². The van der Waals surface area contributed by atoms with Crippen LogP contribution < -0.4 is 9.47 Å². The Bertz CT molecular complexity index is 1040. The third-order valence-corrected chi connectivity index (χ3v) is 7.10. The number of hydrogen-bond donors (Lipinski definition) is 0. The van der Waals surface area contributed by atoms with Crippen LogP contribution in [0.4, 0.5) is 5.69 Å². The smallest absolute Gasteiger partial charge is 0.289 e. The molecular formula is C18H17ClN2O6S. The number of nitrogens with zero attached hydrogens (tertiary/aromatic N) is 2. The van der Waals surface area contributed by atoms with E-state index in [4.69, 9.17) is 21.1 Å². The summed E-state index contributed by atoms with van der Waals surface area (Å²) >= 11 is 5.82. The van der Waals surface area contributed by atoms with Crippen molar-refractivity contribution in [2.45, 2.75) is 23.8 Å². The molecule has 0 unspecified atom stereocenters. The molecule has 0 bridgehead atoms. The van der Waals surface area contributed by atoms with Gasteiger partial charge in [-0.25, -0.2) is 8.42 Å². The molecule has 8 nitrogen and oxygen atoms in total. The van der Waals surface area contributed by atoms with E-state index >= 15 is 0 Å². The van der Waals surface area contributed by atoms with Crippen molar-refractivity contribution in [2.75, 3.05) is 19.8 Å². The summed E-state index contributed by atoms with van der Waals surface area (Å²) in [6.07, 6.45) is 1.34. The minimum atomic E-state index is -3.93. The molecule has 2 heterocycles. The standard InChI is InChI=1S/C18H17ClN2O6S/c19-14-5-4-13(11-16(14)21(22)23)28(24,25)20-7-1-2-15(20)12-3-6-17-18(10-12)27-9-8-26-17/h3-6,10-11,15H,1-2,7-9H2/t15-/m1/s1. The Labute approximate surface area is 166 Å². The molecule has 2 aliphatic rings. The highest BCUT2D eigenvalue weighted by Crippen LogP contribution is 2.41. The molecule has 0 N–H and O–H groups in total. The van der Waals surface area contributed by atoms with Crippen LogP contribution in [0, 0.1) is 10.1 Å². The van der Waals surface area contributed by atoms with Crippen molar-refractivity contribution in [2.24, 2.45) is 0 Å². The molecule has 0 radical (unpaired) electrons. The van der Waals surface area contributed by atoms with Crippen molar-refractivity contribution < 1.29 is 22.8 Å². The highest BCUT2D eigenvalue weighted by molar-refractivity contribution is 7.89. The Morgan fingerprint density at radius 1 is 1.11 bits per heavy atom. The van der Waals surface area contributed by atoms with E-state index in [9.17, 15) is 18.5 Å². The topological polar surface area (TPSA) is 99.0 Å². The van der Waals surface area contributed by atoms with Gasteiger partial charge in [-0.3, -0.25) is 10.1 Å². The highest BCUT2D eigenvalue weighted by Gasteiger charge is 2.37. The van der Waals surface area contributed by atoms with Crippen LogP contribution in [0.25, 0.3) is 0 Å². The SMILES string of the molecule is O=[N+]([O-])c1cc(S(=O)(=O)N2CCC[C@@H]2c2ccc3c(c2)OCCO3)ccc1Cl. The molecule has 2 aromatic rings. The third kappa shape index (κ3) is 3.30. The fourth-order valence-electron chi connectivity index (χ4n) is 3.56. The van der Waals surface area contributed by atoms with Gasteiger partial charge < -0.3 is 9.47 Å². The predicted octanol–water partition coefficient (Wildman–Crippen LogP) is 3.55. The van der Waals surface area contributed by atoms with Crippen LogP contribution in [0.15, 0.2) is 41.3 Å². The second-order valence-corrected chi connectivity index (χ2v) is 8.84. The van der Waals surface area contributed by atoms with E-state index in [0.29, 0.717) is 44.1 Å². The number of halogens is 1. The molecule has 1 atom stereocenters. The van der Waals surface area contributed by atoms with Gasteiger partial charge >= 0.3 is 0 Å². The average Bonchev–Trinajstić information content (AvgIpc) is 3.18. The number of nitro groups is 1. The Balaban J connectivity index is 1.70. The van der Waals surface area contributed by atoms with Crippen LogP contribution in [-0.2, 0) is 10.0 Å². The Kier molecular flexibility index (Phi) is 4.90. The summed E-state index contributed by atoms with van der Waals surface area (Å²) in [5.41, 5.74) is 0.367. The van der Waals surface area contributed by atoms with Crippen molar-refractivity contribution in [3.8, 4) is 11.5 Å². The number of benzene rings is 2. The first kappa shape index (κ1) is 19.0. The summed E-state index contributed by atoms with van der Waals surface area (Å²) in [5, 5.41) is 11.0. The lowest BCUT2D eigenvalue weighted by Gasteiger charge is -2.26. The molecule has 10 heteroatoms. The third-order valence-electron chi connectivity index (χ3n) is 4.88. The van der Waals surface area contributed by atoms with E-state index in [1.807, 2.05) is 6.07 Å². The van der Waals surface area contributed by atoms with E-state index in [1.165, 1.54) is 16.4 Å². The number of nitro benzene ring substituents is 1. The zero-order valence-electron chi connectivity index (χ0n) is 14.7. The molecule has 0 aliphatic carbocycles. The molecule has 0 saturated carbocycles. The molecule has 4 rings (SSSR count). The summed E-state index contributed by atoms with van der Waals surface area (Å²) in [6.45, 7) is 1.25. The zero-order chi connectivity index (χ0) is 19.9. The number of sulfonamides is 1. The number of ether oxygens (including phenoxy) is 2. The summed E-state index contributed by atoms with van der Waals surface area (Å²) in [5.74, 6) is 1.23. The van der Waals surface area contributed by atoms with Gasteiger partial charge in [0.1, 0.15) is 18.2 Å². The number of fused-ring (bicyclic) bond motifs is 1. The molecule has 28 heavy (non-hydrogen) atoms. The first-order valence-electron chi connectivity index (χ1n) is 8.73. The van der Waals surface area contributed by atoms with Gasteiger partial charge in [0.05, 0.1) is 15.9 Å². The maximum atomic E-state index is 13.2. The van der Waals surface area contributed by atoms with E-state index in [-0.39, 0.29) is 16.0 Å². The first-order valence-corrected chi connectivity index (χ1v) is 10.5. The van der Waals surface area contributed by atoms with E-state index in [2.05, 4.69) is 0 Å². The second-order valence-electron chi connectivity index (χ2n) is 6.55. The van der Waals surface area contributed by atoms with Crippen LogP contribution >= 0.6 is 11.6 Å². The van der Waals surface area contributed by atoms with Crippen molar-refractivity contribution in [1.29, 1.82) is 0 Å². The van der Waals surface area contributed by atoms with Crippen LogP contribution in [-0.4, -0.2) is 37.4 Å². The van der Waals surface area contributed by atoms with Gasteiger partial charge in [0, 0.05) is 12.6 Å². The first-order chi connectivity index (χ1) is 13.4. The maximum absolute atomic E-state index is 13.2. The van der Waals surface area contributed by atoms with Crippen LogP contribution in [0.2, 0.25) is 5.02 Å². The molecule has 0 aromatic heterocycles. The second kappa shape index (κ2) is 7.23. The van der Waals surface area contributed by atoms with E-state index < -0.39 is 20.6 Å². The lowest BCUT2D eigenvalue weighted by molar-refractivity contribution is -0.384. The number of rotatable bonds is 4. The van der Waals surface area contributed by atoms with Crippen molar-refractivity contribution >= 4 is 27.3 Å². The van der Waals surface area contributed by atoms with Gasteiger partial charge in [-0.2, -0.15) is 4.31 Å². The van der Waals surface area contributed by atoms with Gasteiger partial charge in [-0.15, -0.1) is 0 Å². The molecular weight excluding hydrogens is 408 g/mol. The fourth-order valence-corrected chi connectivity index (χ4v) is 5.45. The summed E-state index contributed by atoms with van der Waals surface area (Å²) in [6, 6.07) is 8.58. The molecule has 1 fully saturated rings. The minimum Gasteiger partial charge on any atom is -0.486 e. The molecule has 148 valence electrons. The van der Waals surface area contributed by atoms with Crippen molar-refractivity contribution in [1.82, 2.24) is 4.31 Å². The minimum absolute atomic E-state index is 0.103. The largest absolute Gasteiger partial charge is 0.486 e. The van der Waals surface area contributed by atoms with Crippen LogP contribution in [0.5, 0.6) is 11.5 Å². The fraction of sp³-hybridized carbons (Fsp3) is 0.333. The molecule has 2 aliphatic heterocycles.